The fourth-order valence-electron chi connectivity index (χ4n) is 7.35. The van der Waals surface area contributed by atoms with Gasteiger partial charge < -0.3 is 4.90 Å². The van der Waals surface area contributed by atoms with Crippen LogP contribution in [0.5, 0.6) is 0 Å². The van der Waals surface area contributed by atoms with Gasteiger partial charge in [0, 0.05) is 13.0 Å². The zero-order valence-electron chi connectivity index (χ0n) is 18.5. The lowest BCUT2D eigenvalue weighted by atomic mass is 9.52. The minimum Gasteiger partial charge on any atom is -0.312 e. The van der Waals surface area contributed by atoms with Gasteiger partial charge in [0.25, 0.3) is 5.91 Å². The molecule has 0 spiro atoms. The third-order valence-corrected chi connectivity index (χ3v) is 8.29. The standard InChI is InChI=1S/C25H33N3O4/c29-22(26-32)8-4-7-21-23(30)28(24(31)27(21)10-9-17-5-2-1-3-6-17)25-14-18-11-19(15-25)13-20(12-18)16-25/h1-3,5-6,18-21,32H,4,7-16H2,(H,26,29). The lowest BCUT2D eigenvalue weighted by Gasteiger charge is -2.58. The first-order valence-electron chi connectivity index (χ1n) is 12.1. The Morgan fingerprint density at radius 3 is 2.25 bits per heavy atom. The van der Waals surface area contributed by atoms with Crippen LogP contribution in [0.25, 0.3) is 0 Å². The lowest BCUT2D eigenvalue weighted by molar-refractivity contribution is -0.141. The monoisotopic (exact) mass is 439 g/mol. The van der Waals surface area contributed by atoms with E-state index in [0.717, 1.165) is 24.8 Å². The first-order chi connectivity index (χ1) is 15.5. The number of imide groups is 1. The summed E-state index contributed by atoms with van der Waals surface area (Å²) >= 11 is 0. The normalized spacial score (nSPS) is 33.3. The number of hydrogen-bond acceptors (Lipinski definition) is 4. The first-order valence-corrected chi connectivity index (χ1v) is 12.1. The molecule has 1 atom stereocenters. The van der Waals surface area contributed by atoms with E-state index in [0.29, 0.717) is 43.6 Å². The number of nitrogens with one attached hydrogen (secondary N) is 1. The largest absolute Gasteiger partial charge is 0.327 e. The van der Waals surface area contributed by atoms with Crippen molar-refractivity contribution in [2.24, 2.45) is 17.8 Å². The van der Waals surface area contributed by atoms with Crippen LogP contribution in [0.1, 0.15) is 63.4 Å². The summed E-state index contributed by atoms with van der Waals surface area (Å²) in [5.74, 6) is 1.40. The topological polar surface area (TPSA) is 90.0 Å². The van der Waals surface area contributed by atoms with Crippen molar-refractivity contribution >= 4 is 17.8 Å². The molecule has 0 radical (unpaired) electrons. The van der Waals surface area contributed by atoms with Crippen LogP contribution in [0, 0.1) is 17.8 Å². The van der Waals surface area contributed by atoms with Gasteiger partial charge in [-0.1, -0.05) is 30.3 Å². The van der Waals surface area contributed by atoms with Crippen LogP contribution in [-0.2, 0) is 16.0 Å². The Morgan fingerprint density at radius 1 is 1.03 bits per heavy atom. The van der Waals surface area contributed by atoms with Crippen LogP contribution in [0.2, 0.25) is 0 Å². The van der Waals surface area contributed by atoms with E-state index in [2.05, 4.69) is 0 Å². The SMILES string of the molecule is O=C(CCCC1C(=O)N(C23CC4CC(CC(C4)C2)C3)C(=O)N1CCc1ccccc1)NO. The molecule has 1 heterocycles. The summed E-state index contributed by atoms with van der Waals surface area (Å²) in [5.41, 5.74) is 2.49. The van der Waals surface area contributed by atoms with Gasteiger partial charge in [0.2, 0.25) is 5.91 Å². The number of hydroxylamine groups is 1. The molecule has 2 N–H and O–H groups in total. The number of nitrogens with zero attached hydrogens (tertiary/aromatic N) is 2. The number of amides is 4. The highest BCUT2D eigenvalue weighted by Crippen LogP contribution is 2.58. The van der Waals surface area contributed by atoms with Gasteiger partial charge in [0.1, 0.15) is 6.04 Å². The van der Waals surface area contributed by atoms with E-state index in [9.17, 15) is 14.4 Å². The van der Waals surface area contributed by atoms with E-state index < -0.39 is 11.9 Å². The molecule has 0 aromatic heterocycles. The van der Waals surface area contributed by atoms with Crippen molar-refractivity contribution in [2.45, 2.75) is 75.8 Å². The van der Waals surface area contributed by atoms with E-state index in [1.165, 1.54) is 19.3 Å². The maximum Gasteiger partial charge on any atom is 0.327 e. The molecular weight excluding hydrogens is 406 g/mol. The summed E-state index contributed by atoms with van der Waals surface area (Å²) in [7, 11) is 0. The predicted molar refractivity (Wildman–Crippen MR) is 118 cm³/mol. The number of urea groups is 1. The van der Waals surface area contributed by atoms with Gasteiger partial charge >= 0.3 is 6.03 Å². The second kappa shape index (κ2) is 8.50. The Kier molecular flexibility index (Phi) is 5.70. The molecule has 7 heteroatoms. The van der Waals surface area contributed by atoms with Gasteiger partial charge in [-0.15, -0.1) is 0 Å². The molecule has 4 saturated carbocycles. The smallest absolute Gasteiger partial charge is 0.312 e. The zero-order chi connectivity index (χ0) is 22.3. The fraction of sp³-hybridized carbons (Fsp3) is 0.640. The molecule has 6 rings (SSSR count). The van der Waals surface area contributed by atoms with Gasteiger partial charge in [-0.3, -0.25) is 19.7 Å². The van der Waals surface area contributed by atoms with E-state index >= 15 is 0 Å². The van der Waals surface area contributed by atoms with Crippen molar-refractivity contribution in [3.05, 3.63) is 35.9 Å². The lowest BCUT2D eigenvalue weighted by Crippen LogP contribution is -2.62. The highest BCUT2D eigenvalue weighted by molar-refractivity contribution is 6.05. The third kappa shape index (κ3) is 3.81. The number of rotatable bonds is 8. The van der Waals surface area contributed by atoms with Crippen molar-refractivity contribution in [3.8, 4) is 0 Å². The predicted octanol–water partition coefficient (Wildman–Crippen LogP) is 3.51. The maximum absolute atomic E-state index is 13.7. The Hall–Kier alpha value is -2.41. The number of carbonyl (C=O) groups excluding carboxylic acids is 3. The molecule has 1 aromatic rings. The molecular formula is C25H33N3O4. The second-order valence-corrected chi connectivity index (χ2v) is 10.5. The minimum absolute atomic E-state index is 0.0746. The van der Waals surface area contributed by atoms with Crippen molar-refractivity contribution < 1.29 is 19.6 Å². The van der Waals surface area contributed by atoms with Crippen molar-refractivity contribution in [1.82, 2.24) is 15.3 Å². The quantitative estimate of drug-likeness (QED) is 0.369. The summed E-state index contributed by atoms with van der Waals surface area (Å²) in [6.45, 7) is 0.494. The number of carbonyl (C=O) groups is 3. The molecule has 1 aliphatic heterocycles. The van der Waals surface area contributed by atoms with Gasteiger partial charge in [-0.25, -0.2) is 10.3 Å². The van der Waals surface area contributed by atoms with E-state index in [1.54, 1.807) is 15.3 Å². The van der Waals surface area contributed by atoms with Gasteiger partial charge in [-0.2, -0.15) is 0 Å². The first kappa shape index (κ1) is 21.4. The average Bonchev–Trinajstić information content (AvgIpc) is 3.01. The minimum atomic E-state index is -0.522. The Morgan fingerprint density at radius 2 is 1.66 bits per heavy atom. The van der Waals surface area contributed by atoms with Crippen molar-refractivity contribution in [2.75, 3.05) is 6.54 Å². The Bertz CT molecular complexity index is 851. The van der Waals surface area contributed by atoms with Gasteiger partial charge in [0.15, 0.2) is 0 Å². The van der Waals surface area contributed by atoms with E-state index in [-0.39, 0.29) is 23.9 Å². The molecule has 4 bridgehead atoms. The summed E-state index contributed by atoms with van der Waals surface area (Å²) in [5, 5.41) is 8.78. The highest BCUT2D eigenvalue weighted by Gasteiger charge is 2.60. The molecule has 4 aliphatic carbocycles. The summed E-state index contributed by atoms with van der Waals surface area (Å²) in [4.78, 5) is 42.3. The maximum atomic E-state index is 13.7. The molecule has 5 fully saturated rings. The molecule has 32 heavy (non-hydrogen) atoms. The molecule has 7 nitrogen and oxygen atoms in total. The van der Waals surface area contributed by atoms with Crippen LogP contribution >= 0.6 is 0 Å². The highest BCUT2D eigenvalue weighted by atomic mass is 16.5. The molecule has 4 amide bonds. The third-order valence-electron chi connectivity index (χ3n) is 8.29. The number of benzene rings is 1. The van der Waals surface area contributed by atoms with Crippen molar-refractivity contribution in [1.29, 1.82) is 0 Å². The molecule has 1 aromatic carbocycles. The van der Waals surface area contributed by atoms with Gasteiger partial charge in [-0.05, 0) is 81.1 Å². The Balaban J connectivity index is 1.37. The average molecular weight is 440 g/mol. The molecule has 1 saturated heterocycles. The summed E-state index contributed by atoms with van der Waals surface area (Å²) in [6, 6.07) is 9.37. The van der Waals surface area contributed by atoms with E-state index in [1.807, 2.05) is 30.3 Å². The van der Waals surface area contributed by atoms with Crippen molar-refractivity contribution in [3.63, 3.8) is 0 Å². The van der Waals surface area contributed by atoms with Crippen LogP contribution in [0.3, 0.4) is 0 Å². The Labute approximate surface area is 189 Å². The fourth-order valence-corrected chi connectivity index (χ4v) is 7.35. The summed E-state index contributed by atoms with van der Waals surface area (Å²) < 4.78 is 0. The molecule has 172 valence electrons. The van der Waals surface area contributed by atoms with E-state index in [4.69, 9.17) is 5.21 Å². The van der Waals surface area contributed by atoms with Crippen LogP contribution < -0.4 is 5.48 Å². The molecule has 5 aliphatic rings. The number of hydrogen-bond donors (Lipinski definition) is 2. The summed E-state index contributed by atoms with van der Waals surface area (Å²) in [6.07, 6.45) is 8.38. The second-order valence-electron chi connectivity index (χ2n) is 10.5. The zero-order valence-corrected chi connectivity index (χ0v) is 18.5. The van der Waals surface area contributed by atoms with Gasteiger partial charge in [0.05, 0.1) is 5.54 Å². The van der Waals surface area contributed by atoms with Crippen LogP contribution in [0.4, 0.5) is 4.79 Å². The van der Waals surface area contributed by atoms with Crippen LogP contribution in [-0.4, -0.2) is 51.0 Å². The van der Waals surface area contributed by atoms with Crippen LogP contribution in [0.15, 0.2) is 30.3 Å². The molecule has 1 unspecified atom stereocenters.